The van der Waals surface area contributed by atoms with Crippen LogP contribution in [0.15, 0.2) is 5.11 Å². The number of hydrogen-bond donors (Lipinski definition) is 2. The van der Waals surface area contributed by atoms with Crippen LogP contribution in [0.1, 0.15) is 40.5 Å². The quantitative estimate of drug-likeness (QED) is 0.593. The first-order chi connectivity index (χ1) is 5.56. The molecule has 0 heterocycles. The molecule has 0 amide bonds. The van der Waals surface area contributed by atoms with E-state index in [1.165, 1.54) is 0 Å². The molecule has 0 bridgehead atoms. The van der Waals surface area contributed by atoms with Gasteiger partial charge in [-0.05, 0) is 26.7 Å². The van der Waals surface area contributed by atoms with Gasteiger partial charge in [0.15, 0.2) is 0 Å². The van der Waals surface area contributed by atoms with Crippen LogP contribution in [0.3, 0.4) is 0 Å². The molecule has 0 spiro atoms. The smallest absolute Gasteiger partial charge is 0.0678 e. The monoisotopic (exact) mass is 171 g/mol. The molecule has 2 unspecified atom stereocenters. The summed E-state index contributed by atoms with van der Waals surface area (Å²) in [4.78, 5) is 0. The van der Waals surface area contributed by atoms with E-state index in [-0.39, 0.29) is 6.04 Å². The fourth-order valence-corrected chi connectivity index (χ4v) is 1.21. The molecule has 0 aromatic rings. The van der Waals surface area contributed by atoms with Crippen molar-refractivity contribution in [2.75, 3.05) is 0 Å². The molecule has 0 radical (unpaired) electrons. The third-order valence-corrected chi connectivity index (χ3v) is 1.86. The van der Waals surface area contributed by atoms with Crippen molar-refractivity contribution in [3.63, 3.8) is 0 Å². The summed E-state index contributed by atoms with van der Waals surface area (Å²) in [7, 11) is 0. The molecule has 2 N–H and O–H groups in total. The summed E-state index contributed by atoms with van der Waals surface area (Å²) >= 11 is 0. The predicted octanol–water partition coefficient (Wildman–Crippen LogP) is 2.57. The number of hydrogen-bond acceptors (Lipinski definition) is 3. The summed E-state index contributed by atoms with van der Waals surface area (Å²) in [5.41, 5.74) is 6.80. The Bertz CT molecular complexity index is 123. The van der Waals surface area contributed by atoms with Crippen LogP contribution in [0.5, 0.6) is 0 Å². The van der Waals surface area contributed by atoms with Gasteiger partial charge in [-0.1, -0.05) is 13.8 Å². The minimum absolute atomic E-state index is 0.182. The summed E-state index contributed by atoms with van der Waals surface area (Å²) in [6.07, 6.45) is 2.10. The number of rotatable bonds is 6. The van der Waals surface area contributed by atoms with E-state index in [4.69, 9.17) is 5.53 Å². The fourth-order valence-electron chi connectivity index (χ4n) is 1.21. The normalized spacial score (nSPS) is 16.1. The minimum Gasteiger partial charge on any atom is -0.312 e. The number of nitrogens with one attached hydrogen (secondary N) is 2. The van der Waals surface area contributed by atoms with Gasteiger partial charge in [0.2, 0.25) is 0 Å². The maximum Gasteiger partial charge on any atom is 0.0678 e. The van der Waals surface area contributed by atoms with Crippen LogP contribution in [-0.4, -0.2) is 18.1 Å². The first kappa shape index (κ1) is 11.6. The van der Waals surface area contributed by atoms with E-state index < -0.39 is 0 Å². The number of nitrogens with zero attached hydrogens (tertiary/aromatic N) is 1. The molecular formula is C9H21N3. The van der Waals surface area contributed by atoms with Crippen LogP contribution in [0.4, 0.5) is 0 Å². The standard InChI is InChI=1S/C9H21N3/c1-7(2)11-8(3)5-6-9(4)12-10/h7-11H,5-6H2,1-4H3. The molecule has 3 heteroatoms. The molecule has 0 aliphatic heterocycles. The van der Waals surface area contributed by atoms with Crippen molar-refractivity contribution >= 4 is 0 Å². The summed E-state index contributed by atoms with van der Waals surface area (Å²) < 4.78 is 0. The topological polar surface area (TPSA) is 48.2 Å². The Morgan fingerprint density at radius 3 is 2.17 bits per heavy atom. The second-order valence-corrected chi connectivity index (χ2v) is 3.78. The summed E-state index contributed by atoms with van der Waals surface area (Å²) in [6, 6.07) is 1.26. The van der Waals surface area contributed by atoms with Crippen molar-refractivity contribution < 1.29 is 0 Å². The Morgan fingerprint density at radius 1 is 1.17 bits per heavy atom. The highest BCUT2D eigenvalue weighted by Gasteiger charge is 2.05. The van der Waals surface area contributed by atoms with Gasteiger partial charge < -0.3 is 5.32 Å². The van der Waals surface area contributed by atoms with Gasteiger partial charge in [0.25, 0.3) is 0 Å². The largest absolute Gasteiger partial charge is 0.312 e. The molecule has 72 valence electrons. The van der Waals surface area contributed by atoms with E-state index in [1.54, 1.807) is 0 Å². The van der Waals surface area contributed by atoms with Crippen LogP contribution in [0.2, 0.25) is 0 Å². The van der Waals surface area contributed by atoms with Gasteiger partial charge in [-0.25, -0.2) is 5.53 Å². The van der Waals surface area contributed by atoms with Gasteiger partial charge >= 0.3 is 0 Å². The van der Waals surface area contributed by atoms with Crippen LogP contribution in [-0.2, 0) is 0 Å². The maximum atomic E-state index is 6.80. The Kier molecular flexibility index (Phi) is 5.89. The molecule has 0 saturated heterocycles. The fraction of sp³-hybridized carbons (Fsp3) is 1.00. The van der Waals surface area contributed by atoms with Gasteiger partial charge in [-0.3, -0.25) is 0 Å². The van der Waals surface area contributed by atoms with Gasteiger partial charge in [0.1, 0.15) is 0 Å². The zero-order valence-corrected chi connectivity index (χ0v) is 8.59. The molecule has 0 aliphatic rings. The second-order valence-electron chi connectivity index (χ2n) is 3.78. The van der Waals surface area contributed by atoms with Crippen molar-refractivity contribution in [2.24, 2.45) is 5.11 Å². The lowest BCUT2D eigenvalue weighted by Crippen LogP contribution is -2.32. The first-order valence-electron chi connectivity index (χ1n) is 4.69. The SMILES string of the molecule is CC(CCC(C)NC(C)C)N=N. The van der Waals surface area contributed by atoms with Gasteiger partial charge in [0, 0.05) is 12.1 Å². The lowest BCUT2D eigenvalue weighted by Gasteiger charge is -2.17. The predicted molar refractivity (Wildman–Crippen MR) is 51.6 cm³/mol. The van der Waals surface area contributed by atoms with Crippen LogP contribution in [0, 0.1) is 5.53 Å². The Hall–Kier alpha value is -0.440. The van der Waals surface area contributed by atoms with E-state index >= 15 is 0 Å². The Morgan fingerprint density at radius 2 is 1.75 bits per heavy atom. The van der Waals surface area contributed by atoms with Crippen molar-refractivity contribution in [3.8, 4) is 0 Å². The average molecular weight is 171 g/mol. The molecule has 0 saturated carbocycles. The zero-order chi connectivity index (χ0) is 9.56. The lowest BCUT2D eigenvalue weighted by atomic mass is 10.1. The molecule has 2 atom stereocenters. The van der Waals surface area contributed by atoms with E-state index in [0.717, 1.165) is 12.8 Å². The highest BCUT2D eigenvalue weighted by molar-refractivity contribution is 4.66. The molecule has 0 aromatic carbocycles. The van der Waals surface area contributed by atoms with Crippen molar-refractivity contribution in [3.05, 3.63) is 0 Å². The Labute approximate surface area is 75.4 Å². The van der Waals surface area contributed by atoms with Crippen LogP contribution >= 0.6 is 0 Å². The molecule has 0 fully saturated rings. The van der Waals surface area contributed by atoms with Crippen molar-refractivity contribution in [1.82, 2.24) is 5.32 Å². The minimum atomic E-state index is 0.182. The zero-order valence-electron chi connectivity index (χ0n) is 8.59. The van der Waals surface area contributed by atoms with Gasteiger partial charge in [0.05, 0.1) is 6.04 Å². The third kappa shape index (κ3) is 6.28. The molecule has 0 rings (SSSR count). The summed E-state index contributed by atoms with van der Waals surface area (Å²) in [5.74, 6) is 0. The van der Waals surface area contributed by atoms with E-state index in [9.17, 15) is 0 Å². The van der Waals surface area contributed by atoms with Crippen LogP contribution < -0.4 is 5.32 Å². The van der Waals surface area contributed by atoms with E-state index in [2.05, 4.69) is 31.2 Å². The van der Waals surface area contributed by atoms with E-state index in [0.29, 0.717) is 12.1 Å². The highest BCUT2D eigenvalue weighted by atomic mass is 15.0. The summed E-state index contributed by atoms with van der Waals surface area (Å²) in [5, 5.41) is 6.88. The van der Waals surface area contributed by atoms with Crippen LogP contribution in [0.25, 0.3) is 0 Å². The molecule has 3 nitrogen and oxygen atoms in total. The van der Waals surface area contributed by atoms with E-state index in [1.807, 2.05) is 6.92 Å². The molecule has 12 heavy (non-hydrogen) atoms. The average Bonchev–Trinajstić information content (AvgIpc) is 1.99. The first-order valence-corrected chi connectivity index (χ1v) is 4.69. The third-order valence-electron chi connectivity index (χ3n) is 1.86. The lowest BCUT2D eigenvalue weighted by molar-refractivity contribution is 0.436. The van der Waals surface area contributed by atoms with Crippen molar-refractivity contribution in [2.45, 2.75) is 58.7 Å². The molecule has 0 aromatic heterocycles. The molecule has 0 aliphatic carbocycles. The molecular weight excluding hydrogens is 150 g/mol. The van der Waals surface area contributed by atoms with Gasteiger partial charge in [-0.15, -0.1) is 0 Å². The van der Waals surface area contributed by atoms with Crippen molar-refractivity contribution in [1.29, 1.82) is 5.53 Å². The highest BCUT2D eigenvalue weighted by Crippen LogP contribution is 2.04. The second kappa shape index (κ2) is 6.12. The van der Waals surface area contributed by atoms with Gasteiger partial charge in [-0.2, -0.15) is 5.11 Å². The Balaban J connectivity index is 3.42. The maximum absolute atomic E-state index is 6.80. The summed E-state index contributed by atoms with van der Waals surface area (Å²) in [6.45, 7) is 8.45.